The molecule has 2 aliphatic carbocycles. The molecular formula is C21H36O4Si. The first kappa shape index (κ1) is 20.2. The second-order valence-electron chi connectivity index (χ2n) is 10.2. The van der Waals surface area contributed by atoms with Crippen LogP contribution in [0.5, 0.6) is 0 Å². The van der Waals surface area contributed by atoms with Crippen molar-refractivity contribution >= 4 is 14.1 Å². The van der Waals surface area contributed by atoms with Crippen molar-refractivity contribution in [3.05, 3.63) is 11.1 Å². The van der Waals surface area contributed by atoms with Crippen molar-refractivity contribution in [2.75, 3.05) is 6.61 Å². The third kappa shape index (κ3) is 3.48. The van der Waals surface area contributed by atoms with E-state index in [9.17, 15) is 4.79 Å². The molecule has 1 aliphatic heterocycles. The van der Waals surface area contributed by atoms with Gasteiger partial charge in [-0.3, -0.25) is 4.79 Å². The molecule has 0 bridgehead atoms. The Balaban J connectivity index is 2.00. The van der Waals surface area contributed by atoms with Crippen molar-refractivity contribution in [3.63, 3.8) is 0 Å². The molecule has 0 amide bonds. The lowest BCUT2D eigenvalue weighted by Crippen LogP contribution is -2.54. The summed E-state index contributed by atoms with van der Waals surface area (Å²) in [5.41, 5.74) is 1.47. The molecule has 4 nitrogen and oxygen atoms in total. The zero-order valence-electron chi connectivity index (χ0n) is 17.7. The van der Waals surface area contributed by atoms with E-state index in [4.69, 9.17) is 13.9 Å². The van der Waals surface area contributed by atoms with E-state index in [0.29, 0.717) is 13.0 Å². The van der Waals surface area contributed by atoms with Gasteiger partial charge in [0.2, 0.25) is 0 Å². The summed E-state index contributed by atoms with van der Waals surface area (Å²) in [6, 6.07) is 0. The molecule has 0 aromatic carbocycles. The Morgan fingerprint density at radius 1 is 1.15 bits per heavy atom. The number of fused-ring (bicyclic) bond motifs is 2. The predicted octanol–water partition coefficient (Wildman–Crippen LogP) is 5.13. The lowest BCUT2D eigenvalue weighted by atomic mass is 9.75. The lowest BCUT2D eigenvalue weighted by molar-refractivity contribution is -0.162. The number of hydrogen-bond donors (Lipinski definition) is 0. The molecule has 0 aromatic rings. The number of carbonyl (C=O) groups excluding carboxylic acids is 1. The molecule has 0 unspecified atom stereocenters. The van der Waals surface area contributed by atoms with E-state index in [1.54, 1.807) is 0 Å². The topological polar surface area (TPSA) is 44.8 Å². The number of carbonyl (C=O) groups is 1. The fourth-order valence-electron chi connectivity index (χ4n) is 4.33. The van der Waals surface area contributed by atoms with Gasteiger partial charge in [-0.1, -0.05) is 26.3 Å². The number of allylic oxidation sites excluding steroid dienone is 1. The minimum atomic E-state index is -1.96. The SMILES string of the molecule is CC1(C)O[C@@H]2CCC3=C(C(=O)CCCC3)[C@]2(CO[Si](C)(C)C(C)(C)C)O1. The van der Waals surface area contributed by atoms with Gasteiger partial charge in [0.15, 0.2) is 19.9 Å². The molecule has 0 saturated carbocycles. The summed E-state index contributed by atoms with van der Waals surface area (Å²) < 4.78 is 19.4. The van der Waals surface area contributed by atoms with Gasteiger partial charge in [-0.15, -0.1) is 0 Å². The van der Waals surface area contributed by atoms with Crippen LogP contribution in [0.2, 0.25) is 18.1 Å². The summed E-state index contributed by atoms with van der Waals surface area (Å²) in [7, 11) is -1.96. The molecule has 0 N–H and O–H groups in total. The quantitative estimate of drug-likeness (QED) is 0.637. The fraction of sp³-hybridized carbons (Fsp3) is 0.857. The molecule has 3 rings (SSSR count). The van der Waals surface area contributed by atoms with E-state index in [0.717, 1.165) is 37.7 Å². The standard InChI is InChI=1S/C21H36O4Si/c1-19(2,3)26(6,7)23-14-21-17(24-20(4,5)25-21)13-12-15-10-8-9-11-16(22)18(15)21/h17H,8-14H2,1-7H3/t17-,21-/m1/s1. The molecule has 1 heterocycles. The van der Waals surface area contributed by atoms with Gasteiger partial charge < -0.3 is 13.9 Å². The Labute approximate surface area is 159 Å². The van der Waals surface area contributed by atoms with E-state index < -0.39 is 19.7 Å². The highest BCUT2D eigenvalue weighted by Gasteiger charge is 2.60. The largest absolute Gasteiger partial charge is 0.413 e. The summed E-state index contributed by atoms with van der Waals surface area (Å²) in [5.74, 6) is -0.432. The van der Waals surface area contributed by atoms with Crippen LogP contribution in [0.1, 0.15) is 73.1 Å². The minimum Gasteiger partial charge on any atom is -0.413 e. The maximum atomic E-state index is 13.1. The maximum Gasteiger partial charge on any atom is 0.192 e. The van der Waals surface area contributed by atoms with Gasteiger partial charge in [0.25, 0.3) is 0 Å². The second kappa shape index (κ2) is 6.54. The highest BCUT2D eigenvalue weighted by Crippen LogP contribution is 2.51. The van der Waals surface area contributed by atoms with Crippen molar-refractivity contribution in [2.45, 2.75) is 109 Å². The fourth-order valence-corrected chi connectivity index (χ4v) is 5.34. The maximum absolute atomic E-state index is 13.1. The van der Waals surface area contributed by atoms with Crippen LogP contribution < -0.4 is 0 Å². The predicted molar refractivity (Wildman–Crippen MR) is 106 cm³/mol. The first-order valence-corrected chi connectivity index (χ1v) is 13.1. The molecule has 3 aliphatic rings. The Kier molecular flexibility index (Phi) is 5.09. The van der Waals surface area contributed by atoms with E-state index in [2.05, 4.69) is 33.9 Å². The Morgan fingerprint density at radius 2 is 1.81 bits per heavy atom. The molecule has 2 atom stereocenters. The molecule has 26 heavy (non-hydrogen) atoms. The summed E-state index contributed by atoms with van der Waals surface area (Å²) in [5, 5.41) is 0.119. The van der Waals surface area contributed by atoms with Crippen molar-refractivity contribution < 1.29 is 18.7 Å². The number of Topliss-reactive ketones (excluding diaryl/α,β-unsaturated/α-hetero) is 1. The monoisotopic (exact) mass is 380 g/mol. The second-order valence-corrected chi connectivity index (χ2v) is 15.0. The molecule has 1 saturated heterocycles. The Morgan fingerprint density at radius 3 is 2.46 bits per heavy atom. The van der Waals surface area contributed by atoms with Crippen LogP contribution in [0.15, 0.2) is 11.1 Å². The minimum absolute atomic E-state index is 0.0944. The third-order valence-electron chi connectivity index (χ3n) is 6.72. The molecule has 148 valence electrons. The van der Waals surface area contributed by atoms with Crippen molar-refractivity contribution in [1.29, 1.82) is 0 Å². The summed E-state index contributed by atoms with van der Waals surface area (Å²) in [4.78, 5) is 13.1. The highest BCUT2D eigenvalue weighted by molar-refractivity contribution is 6.74. The zero-order valence-corrected chi connectivity index (χ0v) is 18.7. The lowest BCUT2D eigenvalue weighted by Gasteiger charge is -2.43. The van der Waals surface area contributed by atoms with Crippen LogP contribution in [0, 0.1) is 0 Å². The summed E-state index contributed by atoms with van der Waals surface area (Å²) in [6.45, 7) is 15.6. The van der Waals surface area contributed by atoms with Gasteiger partial charge in [0.1, 0.15) is 5.60 Å². The molecule has 1 fully saturated rings. The van der Waals surface area contributed by atoms with Gasteiger partial charge in [-0.25, -0.2) is 0 Å². The van der Waals surface area contributed by atoms with Gasteiger partial charge in [0, 0.05) is 12.0 Å². The van der Waals surface area contributed by atoms with E-state index in [1.807, 2.05) is 13.8 Å². The Bertz CT molecular complexity index is 614. The van der Waals surface area contributed by atoms with Crippen molar-refractivity contribution in [2.24, 2.45) is 0 Å². The smallest absolute Gasteiger partial charge is 0.192 e. The van der Waals surface area contributed by atoms with Crippen LogP contribution >= 0.6 is 0 Å². The molecule has 0 radical (unpaired) electrons. The van der Waals surface area contributed by atoms with E-state index in [1.165, 1.54) is 5.57 Å². The van der Waals surface area contributed by atoms with Gasteiger partial charge in [-0.2, -0.15) is 0 Å². The van der Waals surface area contributed by atoms with Gasteiger partial charge >= 0.3 is 0 Å². The van der Waals surface area contributed by atoms with Crippen molar-refractivity contribution in [1.82, 2.24) is 0 Å². The summed E-state index contributed by atoms with van der Waals surface area (Å²) >= 11 is 0. The van der Waals surface area contributed by atoms with E-state index >= 15 is 0 Å². The van der Waals surface area contributed by atoms with Crippen LogP contribution in [0.3, 0.4) is 0 Å². The van der Waals surface area contributed by atoms with Gasteiger partial charge in [-0.05, 0) is 64.1 Å². The van der Waals surface area contributed by atoms with Crippen LogP contribution in [-0.2, 0) is 18.7 Å². The van der Waals surface area contributed by atoms with Crippen LogP contribution in [0.25, 0.3) is 0 Å². The first-order valence-electron chi connectivity index (χ1n) is 10.2. The molecule has 0 spiro atoms. The van der Waals surface area contributed by atoms with Crippen LogP contribution in [0.4, 0.5) is 0 Å². The van der Waals surface area contributed by atoms with Gasteiger partial charge in [0.05, 0.1) is 12.7 Å². The first-order chi connectivity index (χ1) is 11.9. The Hall–Kier alpha value is -0.493. The zero-order chi connectivity index (χ0) is 19.4. The van der Waals surface area contributed by atoms with Crippen molar-refractivity contribution in [3.8, 4) is 0 Å². The normalized spacial score (nSPS) is 32.3. The summed E-state index contributed by atoms with van der Waals surface area (Å²) in [6.07, 6.45) is 5.47. The highest BCUT2D eigenvalue weighted by atomic mass is 28.4. The van der Waals surface area contributed by atoms with E-state index in [-0.39, 0.29) is 16.9 Å². The molecule has 5 heteroatoms. The number of rotatable bonds is 3. The number of ketones is 1. The number of hydrogen-bond acceptors (Lipinski definition) is 4. The average Bonchev–Trinajstić information content (AvgIpc) is 2.63. The number of ether oxygens (including phenoxy) is 2. The molecular weight excluding hydrogens is 344 g/mol. The third-order valence-corrected chi connectivity index (χ3v) is 11.2. The molecule has 0 aromatic heterocycles. The average molecular weight is 381 g/mol. The van der Waals surface area contributed by atoms with Crippen LogP contribution in [-0.4, -0.2) is 38.2 Å².